The van der Waals surface area contributed by atoms with E-state index in [0.29, 0.717) is 18.6 Å². The molecule has 0 amide bonds. The van der Waals surface area contributed by atoms with Crippen molar-refractivity contribution in [1.29, 1.82) is 0 Å². The standard InChI is InChI=1S/C20H29FO4/c1-3-4-5-6-9-15-24-19(22)13-10-14-20(23)25-16(2)17-11-7-8-12-18(17)21/h7-8,11-12,16H,3-6,9-10,13-15H2,1-2H3. The fourth-order valence-electron chi connectivity index (χ4n) is 2.47. The Morgan fingerprint density at radius 2 is 1.68 bits per heavy atom. The molecule has 1 aromatic rings. The van der Waals surface area contributed by atoms with Gasteiger partial charge in [0.25, 0.3) is 0 Å². The normalized spacial score (nSPS) is 11.8. The highest BCUT2D eigenvalue weighted by Crippen LogP contribution is 2.20. The van der Waals surface area contributed by atoms with Crippen LogP contribution in [0.5, 0.6) is 0 Å². The van der Waals surface area contributed by atoms with Crippen LogP contribution in [0.3, 0.4) is 0 Å². The number of esters is 2. The molecule has 1 rings (SSSR count). The predicted octanol–water partition coefficient (Wildman–Crippen LogP) is 5.11. The fourth-order valence-corrected chi connectivity index (χ4v) is 2.47. The quantitative estimate of drug-likeness (QED) is 0.387. The Balaban J connectivity index is 2.13. The molecule has 0 aliphatic heterocycles. The van der Waals surface area contributed by atoms with E-state index in [1.165, 1.54) is 25.3 Å². The molecule has 1 unspecified atom stereocenters. The monoisotopic (exact) mass is 352 g/mol. The zero-order chi connectivity index (χ0) is 18.5. The van der Waals surface area contributed by atoms with Crippen LogP contribution in [0.1, 0.15) is 76.9 Å². The Bertz CT molecular complexity index is 530. The van der Waals surface area contributed by atoms with E-state index in [9.17, 15) is 14.0 Å². The van der Waals surface area contributed by atoms with Gasteiger partial charge in [-0.05, 0) is 25.8 Å². The first kappa shape index (κ1) is 21.1. The molecular weight excluding hydrogens is 323 g/mol. The summed E-state index contributed by atoms with van der Waals surface area (Å²) in [7, 11) is 0. The van der Waals surface area contributed by atoms with Crippen LogP contribution in [0, 0.1) is 5.82 Å². The van der Waals surface area contributed by atoms with Gasteiger partial charge in [0.05, 0.1) is 6.61 Å². The molecule has 0 aliphatic carbocycles. The van der Waals surface area contributed by atoms with Crippen LogP contribution < -0.4 is 0 Å². The fraction of sp³-hybridized carbons (Fsp3) is 0.600. The van der Waals surface area contributed by atoms with E-state index in [2.05, 4.69) is 6.92 Å². The highest BCUT2D eigenvalue weighted by Gasteiger charge is 2.15. The Hall–Kier alpha value is -1.91. The van der Waals surface area contributed by atoms with E-state index < -0.39 is 17.9 Å². The predicted molar refractivity (Wildman–Crippen MR) is 94.5 cm³/mol. The first-order valence-corrected chi connectivity index (χ1v) is 9.14. The second kappa shape index (κ2) is 12.5. The van der Waals surface area contributed by atoms with Crippen LogP contribution in [-0.4, -0.2) is 18.5 Å². The Kier molecular flexibility index (Phi) is 10.5. The molecule has 0 saturated carbocycles. The van der Waals surface area contributed by atoms with Crippen LogP contribution in [0.2, 0.25) is 0 Å². The summed E-state index contributed by atoms with van der Waals surface area (Å²) in [5.41, 5.74) is 0.346. The number of hydrogen-bond acceptors (Lipinski definition) is 4. The zero-order valence-electron chi connectivity index (χ0n) is 15.3. The van der Waals surface area contributed by atoms with Crippen LogP contribution in [0.4, 0.5) is 4.39 Å². The lowest BCUT2D eigenvalue weighted by Gasteiger charge is -2.14. The van der Waals surface area contributed by atoms with Crippen molar-refractivity contribution < 1.29 is 23.5 Å². The van der Waals surface area contributed by atoms with Crippen LogP contribution in [0.25, 0.3) is 0 Å². The van der Waals surface area contributed by atoms with Gasteiger partial charge in [-0.25, -0.2) is 4.39 Å². The van der Waals surface area contributed by atoms with Crippen molar-refractivity contribution in [2.24, 2.45) is 0 Å². The van der Waals surface area contributed by atoms with Gasteiger partial charge in [0.2, 0.25) is 0 Å². The minimum atomic E-state index is -0.649. The van der Waals surface area contributed by atoms with E-state index in [4.69, 9.17) is 9.47 Å². The molecule has 0 aromatic heterocycles. The maximum Gasteiger partial charge on any atom is 0.306 e. The Morgan fingerprint density at radius 3 is 2.40 bits per heavy atom. The Labute approximate surface area is 149 Å². The summed E-state index contributed by atoms with van der Waals surface area (Å²) in [6.45, 7) is 4.22. The van der Waals surface area contributed by atoms with Crippen molar-refractivity contribution in [3.05, 3.63) is 35.6 Å². The highest BCUT2D eigenvalue weighted by atomic mass is 19.1. The zero-order valence-corrected chi connectivity index (χ0v) is 15.3. The van der Waals surface area contributed by atoms with Gasteiger partial charge in [0.1, 0.15) is 11.9 Å². The summed E-state index contributed by atoms with van der Waals surface area (Å²) in [4.78, 5) is 23.4. The highest BCUT2D eigenvalue weighted by molar-refractivity contribution is 5.72. The number of benzene rings is 1. The summed E-state index contributed by atoms with van der Waals surface area (Å²) in [6, 6.07) is 6.20. The van der Waals surface area contributed by atoms with E-state index in [1.54, 1.807) is 25.1 Å². The molecule has 0 N–H and O–H groups in total. The number of unbranched alkanes of at least 4 members (excludes halogenated alkanes) is 4. The van der Waals surface area contributed by atoms with Crippen LogP contribution in [-0.2, 0) is 19.1 Å². The van der Waals surface area contributed by atoms with E-state index in [1.807, 2.05) is 0 Å². The summed E-state index contributed by atoms with van der Waals surface area (Å²) >= 11 is 0. The first-order chi connectivity index (χ1) is 12.0. The van der Waals surface area contributed by atoms with E-state index in [0.717, 1.165) is 12.8 Å². The number of carbonyl (C=O) groups excluding carboxylic acids is 2. The maximum atomic E-state index is 13.6. The van der Waals surface area contributed by atoms with Crippen molar-refractivity contribution in [2.75, 3.05) is 6.61 Å². The lowest BCUT2D eigenvalue weighted by atomic mass is 10.1. The van der Waals surface area contributed by atoms with Gasteiger partial charge < -0.3 is 9.47 Å². The summed E-state index contributed by atoms with van der Waals surface area (Å²) in [5, 5.41) is 0. The third-order valence-electron chi connectivity index (χ3n) is 3.92. The van der Waals surface area contributed by atoms with Gasteiger partial charge in [-0.1, -0.05) is 50.8 Å². The number of rotatable bonds is 12. The van der Waals surface area contributed by atoms with Crippen molar-refractivity contribution in [2.45, 2.75) is 71.3 Å². The van der Waals surface area contributed by atoms with Gasteiger partial charge in [-0.3, -0.25) is 9.59 Å². The number of carbonyl (C=O) groups is 2. The SMILES string of the molecule is CCCCCCCOC(=O)CCCC(=O)OC(C)c1ccccc1F. The summed E-state index contributed by atoms with van der Waals surface area (Å²) < 4.78 is 23.9. The summed E-state index contributed by atoms with van der Waals surface area (Å²) in [5.74, 6) is -1.13. The molecule has 1 aromatic carbocycles. The molecule has 0 spiro atoms. The van der Waals surface area contributed by atoms with Gasteiger partial charge in [0, 0.05) is 18.4 Å². The van der Waals surface area contributed by atoms with Gasteiger partial charge in [-0.2, -0.15) is 0 Å². The lowest BCUT2D eigenvalue weighted by molar-refractivity contribution is -0.149. The lowest BCUT2D eigenvalue weighted by Crippen LogP contribution is -2.11. The molecule has 0 aliphatic rings. The number of halogens is 1. The molecule has 4 nitrogen and oxygen atoms in total. The van der Waals surface area contributed by atoms with Crippen LogP contribution >= 0.6 is 0 Å². The largest absolute Gasteiger partial charge is 0.466 e. The summed E-state index contributed by atoms with van der Waals surface area (Å²) in [6.07, 6.45) is 5.55. The third kappa shape index (κ3) is 9.22. The topological polar surface area (TPSA) is 52.6 Å². The van der Waals surface area contributed by atoms with E-state index >= 15 is 0 Å². The second-order valence-electron chi connectivity index (χ2n) is 6.14. The van der Waals surface area contributed by atoms with Crippen LogP contribution in [0.15, 0.2) is 24.3 Å². The van der Waals surface area contributed by atoms with Crippen molar-refractivity contribution >= 4 is 11.9 Å². The van der Waals surface area contributed by atoms with Gasteiger partial charge in [-0.15, -0.1) is 0 Å². The molecule has 0 radical (unpaired) electrons. The van der Waals surface area contributed by atoms with Crippen molar-refractivity contribution in [3.8, 4) is 0 Å². The molecule has 140 valence electrons. The van der Waals surface area contributed by atoms with E-state index in [-0.39, 0.29) is 18.8 Å². The number of ether oxygens (including phenoxy) is 2. The average molecular weight is 352 g/mol. The van der Waals surface area contributed by atoms with Crippen molar-refractivity contribution in [1.82, 2.24) is 0 Å². The molecule has 0 fully saturated rings. The molecular formula is C20H29FO4. The second-order valence-corrected chi connectivity index (χ2v) is 6.14. The minimum Gasteiger partial charge on any atom is -0.466 e. The molecule has 25 heavy (non-hydrogen) atoms. The molecule has 0 bridgehead atoms. The number of hydrogen-bond donors (Lipinski definition) is 0. The van der Waals surface area contributed by atoms with Crippen molar-refractivity contribution in [3.63, 3.8) is 0 Å². The van der Waals surface area contributed by atoms with Gasteiger partial charge in [0.15, 0.2) is 0 Å². The van der Waals surface area contributed by atoms with Gasteiger partial charge >= 0.3 is 11.9 Å². The average Bonchev–Trinajstić information content (AvgIpc) is 2.58. The molecule has 1 atom stereocenters. The first-order valence-electron chi connectivity index (χ1n) is 9.14. The maximum absolute atomic E-state index is 13.6. The minimum absolute atomic E-state index is 0.115. The smallest absolute Gasteiger partial charge is 0.306 e. The Morgan fingerprint density at radius 1 is 1.00 bits per heavy atom. The molecule has 5 heteroatoms. The molecule has 0 saturated heterocycles. The third-order valence-corrected chi connectivity index (χ3v) is 3.92. The molecule has 0 heterocycles.